The van der Waals surface area contributed by atoms with E-state index in [1.165, 1.54) is 53.6 Å². The van der Waals surface area contributed by atoms with Crippen LogP contribution in [0, 0.1) is 0 Å². The maximum Gasteiger partial charge on any atom is 0.0544 e. The first-order valence-corrected chi connectivity index (χ1v) is 8.92. The fourth-order valence-corrected chi connectivity index (χ4v) is 4.28. The summed E-state index contributed by atoms with van der Waals surface area (Å²) in [4.78, 5) is 5.20. The van der Waals surface area contributed by atoms with Gasteiger partial charge in [-0.25, -0.2) is 0 Å². The summed E-state index contributed by atoms with van der Waals surface area (Å²) in [5, 5.41) is 2.75. The van der Waals surface area contributed by atoms with Crippen molar-refractivity contribution >= 4 is 16.5 Å². The van der Waals surface area contributed by atoms with Crippen molar-refractivity contribution < 1.29 is 0 Å². The van der Waals surface area contributed by atoms with Crippen LogP contribution in [0.25, 0.3) is 10.8 Å². The molecule has 0 unspecified atom stereocenters. The first-order valence-electron chi connectivity index (χ1n) is 8.92. The SMILES string of the molecule is c1ccc2c(c1)CCN2C1CN(Cc2cccc3ccccc23)C1. The van der Waals surface area contributed by atoms with Crippen molar-refractivity contribution in [3.63, 3.8) is 0 Å². The summed E-state index contributed by atoms with van der Waals surface area (Å²) in [6.45, 7) is 4.61. The van der Waals surface area contributed by atoms with E-state index in [4.69, 9.17) is 0 Å². The lowest BCUT2D eigenvalue weighted by atomic mass is 10.0. The third-order valence-electron chi connectivity index (χ3n) is 5.58. The Kier molecular flexibility index (Phi) is 3.30. The number of likely N-dealkylation sites (tertiary alicyclic amines) is 1. The molecule has 2 aliphatic rings. The molecule has 1 fully saturated rings. The van der Waals surface area contributed by atoms with Crippen molar-refractivity contribution in [1.29, 1.82) is 0 Å². The second kappa shape index (κ2) is 5.64. The van der Waals surface area contributed by atoms with E-state index in [0.29, 0.717) is 6.04 Å². The normalized spacial score (nSPS) is 17.9. The fourth-order valence-electron chi connectivity index (χ4n) is 4.28. The molecule has 0 aromatic heterocycles. The van der Waals surface area contributed by atoms with Crippen molar-refractivity contribution in [3.05, 3.63) is 77.9 Å². The standard InChI is InChI=1S/C22H22N2/c1-3-10-21-17(6-1)8-5-9-19(21)14-23-15-20(16-23)24-13-12-18-7-2-4-11-22(18)24/h1-11,20H,12-16H2. The summed E-state index contributed by atoms with van der Waals surface area (Å²) < 4.78 is 0. The summed E-state index contributed by atoms with van der Waals surface area (Å²) in [7, 11) is 0. The van der Waals surface area contributed by atoms with Crippen molar-refractivity contribution in [2.75, 3.05) is 24.5 Å². The number of nitrogens with zero attached hydrogens (tertiary/aromatic N) is 2. The average molecular weight is 314 g/mol. The molecule has 5 rings (SSSR count). The van der Waals surface area contributed by atoms with Crippen LogP contribution in [0.1, 0.15) is 11.1 Å². The van der Waals surface area contributed by atoms with Gasteiger partial charge in [-0.1, -0.05) is 60.7 Å². The quantitative estimate of drug-likeness (QED) is 0.718. The zero-order valence-corrected chi connectivity index (χ0v) is 13.9. The van der Waals surface area contributed by atoms with Crippen LogP contribution in [0.2, 0.25) is 0 Å². The number of anilines is 1. The Bertz CT molecular complexity index is 875. The van der Waals surface area contributed by atoms with E-state index in [9.17, 15) is 0 Å². The van der Waals surface area contributed by atoms with Gasteiger partial charge >= 0.3 is 0 Å². The first-order chi connectivity index (χ1) is 11.9. The fraction of sp³-hybridized carbons (Fsp3) is 0.273. The van der Waals surface area contributed by atoms with Crippen LogP contribution in [0.15, 0.2) is 66.7 Å². The van der Waals surface area contributed by atoms with Crippen molar-refractivity contribution in [3.8, 4) is 0 Å². The van der Waals surface area contributed by atoms with Gasteiger partial charge in [-0.3, -0.25) is 4.90 Å². The van der Waals surface area contributed by atoms with Crippen LogP contribution in [-0.4, -0.2) is 30.6 Å². The molecule has 0 amide bonds. The van der Waals surface area contributed by atoms with Gasteiger partial charge < -0.3 is 4.90 Å². The molecule has 1 saturated heterocycles. The van der Waals surface area contributed by atoms with Crippen LogP contribution in [0.4, 0.5) is 5.69 Å². The molecule has 2 aliphatic heterocycles. The van der Waals surface area contributed by atoms with Gasteiger partial charge in [0.2, 0.25) is 0 Å². The number of para-hydroxylation sites is 1. The third kappa shape index (κ3) is 2.30. The van der Waals surface area contributed by atoms with E-state index < -0.39 is 0 Å². The summed E-state index contributed by atoms with van der Waals surface area (Å²) in [5.74, 6) is 0. The smallest absolute Gasteiger partial charge is 0.0544 e. The molecule has 120 valence electrons. The second-order valence-corrected chi connectivity index (χ2v) is 7.06. The topological polar surface area (TPSA) is 6.48 Å². The molecule has 2 heterocycles. The highest BCUT2D eigenvalue weighted by atomic mass is 15.3. The molecule has 24 heavy (non-hydrogen) atoms. The summed E-state index contributed by atoms with van der Waals surface area (Å²) >= 11 is 0. The molecule has 0 radical (unpaired) electrons. The maximum atomic E-state index is 2.62. The van der Waals surface area contributed by atoms with Gasteiger partial charge in [0.15, 0.2) is 0 Å². The first kappa shape index (κ1) is 14.1. The molecule has 2 nitrogen and oxygen atoms in total. The number of benzene rings is 3. The lowest BCUT2D eigenvalue weighted by Gasteiger charge is -2.45. The minimum Gasteiger partial charge on any atom is -0.365 e. The van der Waals surface area contributed by atoms with E-state index in [0.717, 1.165) is 6.54 Å². The Morgan fingerprint density at radius 3 is 2.58 bits per heavy atom. The minimum absolute atomic E-state index is 0.684. The van der Waals surface area contributed by atoms with E-state index >= 15 is 0 Å². The molecule has 0 saturated carbocycles. The average Bonchev–Trinajstić information content (AvgIpc) is 3.01. The van der Waals surface area contributed by atoms with Crippen LogP contribution in [0.5, 0.6) is 0 Å². The van der Waals surface area contributed by atoms with E-state index in [1.54, 1.807) is 0 Å². The monoisotopic (exact) mass is 314 g/mol. The summed E-state index contributed by atoms with van der Waals surface area (Å²) in [6.07, 6.45) is 1.20. The Morgan fingerprint density at radius 2 is 1.62 bits per heavy atom. The van der Waals surface area contributed by atoms with Gasteiger partial charge in [-0.15, -0.1) is 0 Å². The minimum atomic E-state index is 0.684. The lowest BCUT2D eigenvalue weighted by Crippen LogP contribution is -2.58. The van der Waals surface area contributed by atoms with E-state index in [2.05, 4.69) is 76.5 Å². The summed E-state index contributed by atoms with van der Waals surface area (Å²) in [5.41, 5.74) is 4.44. The molecule has 0 aliphatic carbocycles. The van der Waals surface area contributed by atoms with Crippen LogP contribution >= 0.6 is 0 Å². The van der Waals surface area contributed by atoms with Crippen molar-refractivity contribution in [1.82, 2.24) is 4.90 Å². The van der Waals surface area contributed by atoms with E-state index in [-0.39, 0.29) is 0 Å². The van der Waals surface area contributed by atoms with Gasteiger partial charge in [0.05, 0.1) is 6.04 Å². The lowest BCUT2D eigenvalue weighted by molar-refractivity contribution is 0.137. The number of hydrogen-bond donors (Lipinski definition) is 0. The number of rotatable bonds is 3. The van der Waals surface area contributed by atoms with E-state index in [1.807, 2.05) is 0 Å². The van der Waals surface area contributed by atoms with Crippen LogP contribution in [0.3, 0.4) is 0 Å². The molecule has 0 N–H and O–H groups in total. The Hall–Kier alpha value is -2.32. The van der Waals surface area contributed by atoms with Crippen LogP contribution < -0.4 is 4.90 Å². The maximum absolute atomic E-state index is 2.62. The van der Waals surface area contributed by atoms with Crippen molar-refractivity contribution in [2.45, 2.75) is 19.0 Å². The van der Waals surface area contributed by atoms with Gasteiger partial charge in [-0.05, 0) is 34.4 Å². The summed E-state index contributed by atoms with van der Waals surface area (Å²) in [6, 6.07) is 25.0. The molecule has 0 bridgehead atoms. The molecule has 2 heteroatoms. The van der Waals surface area contributed by atoms with Gasteiger partial charge in [0.1, 0.15) is 0 Å². The second-order valence-electron chi connectivity index (χ2n) is 7.06. The molecule has 3 aromatic rings. The predicted molar refractivity (Wildman–Crippen MR) is 101 cm³/mol. The van der Waals surface area contributed by atoms with Crippen molar-refractivity contribution in [2.24, 2.45) is 0 Å². The number of fused-ring (bicyclic) bond motifs is 2. The molecular formula is C22H22N2. The molecule has 0 atom stereocenters. The highest BCUT2D eigenvalue weighted by Gasteiger charge is 2.34. The zero-order chi connectivity index (χ0) is 15.9. The molecule has 0 spiro atoms. The molecular weight excluding hydrogens is 292 g/mol. The highest BCUT2D eigenvalue weighted by molar-refractivity contribution is 5.85. The van der Waals surface area contributed by atoms with Gasteiger partial charge in [0.25, 0.3) is 0 Å². The Balaban J connectivity index is 1.29. The predicted octanol–water partition coefficient (Wildman–Crippen LogP) is 4.09. The van der Waals surface area contributed by atoms with Gasteiger partial charge in [-0.2, -0.15) is 0 Å². The van der Waals surface area contributed by atoms with Gasteiger partial charge in [0, 0.05) is 31.9 Å². The zero-order valence-electron chi connectivity index (χ0n) is 13.9. The Labute approximate surface area is 143 Å². The Morgan fingerprint density at radius 1 is 0.833 bits per heavy atom. The highest BCUT2D eigenvalue weighted by Crippen LogP contribution is 2.32. The van der Waals surface area contributed by atoms with Crippen LogP contribution in [-0.2, 0) is 13.0 Å². The third-order valence-corrected chi connectivity index (χ3v) is 5.58. The number of hydrogen-bond acceptors (Lipinski definition) is 2. The largest absolute Gasteiger partial charge is 0.365 e. The molecule has 3 aromatic carbocycles.